The van der Waals surface area contributed by atoms with E-state index in [0.717, 1.165) is 22.1 Å². The first-order chi connectivity index (χ1) is 14.1. The van der Waals surface area contributed by atoms with Gasteiger partial charge in [0.2, 0.25) is 5.60 Å². The fraction of sp³-hybridized carbons (Fsp3) is 0.263. The van der Waals surface area contributed by atoms with E-state index in [0.29, 0.717) is 5.71 Å². The fourth-order valence-corrected chi connectivity index (χ4v) is 3.55. The number of ether oxygens (including phenoxy) is 1. The number of oxime groups is 1. The van der Waals surface area contributed by atoms with E-state index in [1.54, 1.807) is 16.3 Å². The van der Waals surface area contributed by atoms with Crippen molar-refractivity contribution in [3.8, 4) is 0 Å². The number of hydrogen-bond donors (Lipinski definition) is 0. The average molecular weight is 391 g/mol. The van der Waals surface area contributed by atoms with E-state index in [4.69, 9.17) is 9.57 Å². The molecule has 1 unspecified atom stereocenters. The molecule has 0 saturated heterocycles. The zero-order valence-corrected chi connectivity index (χ0v) is 15.8. The molecule has 0 amide bonds. The van der Waals surface area contributed by atoms with Crippen LogP contribution < -0.4 is 0 Å². The molecule has 146 valence electrons. The number of para-hydroxylation sites is 2. The molecule has 5 rings (SSSR count). The van der Waals surface area contributed by atoms with Gasteiger partial charge in [-0.2, -0.15) is 0 Å². The monoisotopic (exact) mass is 391 g/mol. The van der Waals surface area contributed by atoms with E-state index >= 15 is 0 Å². The summed E-state index contributed by atoms with van der Waals surface area (Å²) in [7, 11) is 1.32. The minimum Gasteiger partial charge on any atom is -0.466 e. The summed E-state index contributed by atoms with van der Waals surface area (Å²) in [5.41, 5.74) is 2.41. The number of hydrogen-bond acceptors (Lipinski definition) is 8. The lowest BCUT2D eigenvalue weighted by molar-refractivity contribution is -0.164. The van der Waals surface area contributed by atoms with Crippen LogP contribution in [-0.2, 0) is 14.4 Å². The zero-order chi connectivity index (χ0) is 20.0. The molecule has 0 bridgehead atoms. The highest BCUT2D eigenvalue weighted by molar-refractivity contribution is 5.97. The van der Waals surface area contributed by atoms with Crippen molar-refractivity contribution in [3.63, 3.8) is 0 Å². The number of methoxy groups -OCH3 is 1. The molecule has 0 fully saturated rings. The van der Waals surface area contributed by atoms with Gasteiger partial charge in [-0.3, -0.25) is 0 Å². The number of carbonyl (C=O) groups is 1. The molecule has 1 aliphatic rings. The van der Waals surface area contributed by atoms with Gasteiger partial charge in [0.1, 0.15) is 16.7 Å². The molecular formula is C19H17N7O3. The first-order valence-corrected chi connectivity index (χ1v) is 9.04. The van der Waals surface area contributed by atoms with Gasteiger partial charge in [-0.15, -0.1) is 10.2 Å². The number of fused-ring (bicyclic) bond motifs is 2. The summed E-state index contributed by atoms with van der Waals surface area (Å²) < 4.78 is 8.30. The van der Waals surface area contributed by atoms with Crippen LogP contribution in [0.4, 0.5) is 0 Å². The van der Waals surface area contributed by atoms with Gasteiger partial charge in [-0.1, -0.05) is 39.8 Å². The smallest absolute Gasteiger partial charge is 0.353 e. The summed E-state index contributed by atoms with van der Waals surface area (Å²) in [6, 6.07) is 15.2. The van der Waals surface area contributed by atoms with Crippen LogP contribution in [0.5, 0.6) is 0 Å². The molecule has 3 heterocycles. The molecular weight excluding hydrogens is 374 g/mol. The molecule has 1 aliphatic heterocycles. The summed E-state index contributed by atoms with van der Waals surface area (Å²) in [4.78, 5) is 17.7. The molecule has 1 atom stereocenters. The molecule has 0 aliphatic carbocycles. The topological polar surface area (TPSA) is 109 Å². The third-order valence-corrected chi connectivity index (χ3v) is 5.02. The number of benzene rings is 2. The molecule has 29 heavy (non-hydrogen) atoms. The van der Waals surface area contributed by atoms with Crippen molar-refractivity contribution < 1.29 is 14.4 Å². The van der Waals surface area contributed by atoms with Crippen molar-refractivity contribution in [3.05, 3.63) is 48.5 Å². The highest BCUT2D eigenvalue weighted by Gasteiger charge is 2.46. The standard InChI is InChI=1S/C19H17N7O3/c1-19(18(27)28-2)11-14(22-29-19)17(25-15-9-5-3-7-12(15)20-23-25)26-16-10-6-4-8-13(16)21-24-26/h3-10,17H,11H2,1-2H3. The van der Waals surface area contributed by atoms with Gasteiger partial charge in [-0.05, 0) is 31.2 Å². The van der Waals surface area contributed by atoms with Gasteiger partial charge < -0.3 is 9.57 Å². The Hall–Kier alpha value is -3.82. The number of aromatic nitrogens is 6. The molecule has 2 aromatic heterocycles. The van der Waals surface area contributed by atoms with Crippen LogP contribution in [0.15, 0.2) is 53.7 Å². The maximum Gasteiger partial charge on any atom is 0.353 e. The second kappa shape index (κ2) is 6.36. The average Bonchev–Trinajstić information content (AvgIpc) is 3.47. The van der Waals surface area contributed by atoms with Gasteiger partial charge in [0.05, 0.1) is 18.1 Å². The minimum absolute atomic E-state index is 0.215. The first-order valence-electron chi connectivity index (χ1n) is 9.04. The normalized spacial score (nSPS) is 18.9. The molecule has 10 heteroatoms. The maximum atomic E-state index is 12.2. The Kier molecular flexibility index (Phi) is 3.79. The summed E-state index contributed by atoms with van der Waals surface area (Å²) >= 11 is 0. The van der Waals surface area contributed by atoms with Crippen LogP contribution in [0.1, 0.15) is 19.5 Å². The Morgan fingerprint density at radius 3 is 2.14 bits per heavy atom. The van der Waals surface area contributed by atoms with Gasteiger partial charge in [-0.25, -0.2) is 14.2 Å². The SMILES string of the molecule is COC(=O)C1(C)CC(C(n2nnc3ccccc32)n2nnc3ccccc32)=NO1. The second-order valence-electron chi connectivity index (χ2n) is 6.99. The number of carbonyl (C=O) groups excluding carboxylic acids is 1. The Balaban J connectivity index is 1.68. The lowest BCUT2D eigenvalue weighted by atomic mass is 9.98. The number of rotatable bonds is 4. The van der Waals surface area contributed by atoms with E-state index in [2.05, 4.69) is 25.8 Å². The van der Waals surface area contributed by atoms with E-state index in [-0.39, 0.29) is 6.42 Å². The lowest BCUT2D eigenvalue weighted by Gasteiger charge is -2.20. The highest BCUT2D eigenvalue weighted by atomic mass is 16.7. The van der Waals surface area contributed by atoms with Crippen molar-refractivity contribution in [2.45, 2.75) is 25.1 Å². The zero-order valence-electron chi connectivity index (χ0n) is 15.8. The van der Waals surface area contributed by atoms with Gasteiger partial charge >= 0.3 is 5.97 Å². The van der Waals surface area contributed by atoms with Crippen LogP contribution >= 0.6 is 0 Å². The van der Waals surface area contributed by atoms with E-state index in [1.165, 1.54) is 7.11 Å². The molecule has 0 radical (unpaired) electrons. The number of esters is 1. The Morgan fingerprint density at radius 2 is 1.59 bits per heavy atom. The maximum absolute atomic E-state index is 12.2. The molecule has 4 aromatic rings. The van der Waals surface area contributed by atoms with Crippen molar-refractivity contribution in [1.82, 2.24) is 30.0 Å². The van der Waals surface area contributed by atoms with Gasteiger partial charge in [0.15, 0.2) is 6.17 Å². The predicted octanol–water partition coefficient (Wildman–Crippen LogP) is 1.93. The first kappa shape index (κ1) is 17.3. The molecule has 0 spiro atoms. The Bertz CT molecular complexity index is 1190. The minimum atomic E-state index is -1.21. The van der Waals surface area contributed by atoms with Gasteiger partial charge in [0.25, 0.3) is 0 Å². The fourth-order valence-electron chi connectivity index (χ4n) is 3.55. The van der Waals surface area contributed by atoms with Crippen molar-refractivity contribution >= 4 is 33.7 Å². The van der Waals surface area contributed by atoms with Crippen molar-refractivity contribution in [2.24, 2.45) is 5.16 Å². The number of nitrogens with zero attached hydrogens (tertiary/aromatic N) is 7. The molecule has 0 N–H and O–H groups in total. The van der Waals surface area contributed by atoms with E-state index in [9.17, 15) is 4.79 Å². The highest BCUT2D eigenvalue weighted by Crippen LogP contribution is 2.32. The lowest BCUT2D eigenvalue weighted by Crippen LogP contribution is -2.38. The van der Waals surface area contributed by atoms with Crippen LogP contribution in [0, 0.1) is 0 Å². The van der Waals surface area contributed by atoms with E-state index < -0.39 is 17.7 Å². The molecule has 2 aromatic carbocycles. The van der Waals surface area contributed by atoms with Crippen LogP contribution in [0.25, 0.3) is 22.1 Å². The van der Waals surface area contributed by atoms with Crippen LogP contribution in [0.2, 0.25) is 0 Å². The Labute approximate surface area is 164 Å². The van der Waals surface area contributed by atoms with E-state index in [1.807, 2.05) is 48.5 Å². The summed E-state index contributed by atoms with van der Waals surface area (Å²) in [5.74, 6) is -0.498. The summed E-state index contributed by atoms with van der Waals surface area (Å²) in [5, 5.41) is 21.4. The quantitative estimate of drug-likeness (QED) is 0.489. The predicted molar refractivity (Wildman–Crippen MR) is 103 cm³/mol. The van der Waals surface area contributed by atoms with Crippen molar-refractivity contribution in [2.75, 3.05) is 7.11 Å². The van der Waals surface area contributed by atoms with Crippen molar-refractivity contribution in [1.29, 1.82) is 0 Å². The second-order valence-corrected chi connectivity index (χ2v) is 6.99. The molecule has 10 nitrogen and oxygen atoms in total. The summed E-state index contributed by atoms with van der Waals surface area (Å²) in [6.45, 7) is 1.64. The Morgan fingerprint density at radius 1 is 1.03 bits per heavy atom. The van der Waals surface area contributed by atoms with Gasteiger partial charge in [0, 0.05) is 6.42 Å². The molecule has 0 saturated carbocycles. The third kappa shape index (κ3) is 2.64. The summed E-state index contributed by atoms with van der Waals surface area (Å²) in [6.07, 6.45) is -0.395. The largest absolute Gasteiger partial charge is 0.466 e. The third-order valence-electron chi connectivity index (χ3n) is 5.02. The van der Waals surface area contributed by atoms with Crippen LogP contribution in [-0.4, -0.2) is 54.4 Å². The van der Waals surface area contributed by atoms with Crippen LogP contribution in [0.3, 0.4) is 0 Å².